The van der Waals surface area contributed by atoms with E-state index in [0.29, 0.717) is 0 Å². The van der Waals surface area contributed by atoms with Crippen molar-refractivity contribution in [3.8, 4) is 0 Å². The van der Waals surface area contributed by atoms with Gasteiger partial charge >= 0.3 is 0 Å². The van der Waals surface area contributed by atoms with Gasteiger partial charge in [0.25, 0.3) is 0 Å². The summed E-state index contributed by atoms with van der Waals surface area (Å²) in [5.74, 6) is 1.86. The number of hydrogen-bond donors (Lipinski definition) is 1. The Kier molecular flexibility index (Phi) is 2.92. The molecule has 0 aliphatic heterocycles. The predicted molar refractivity (Wildman–Crippen MR) is 57.4 cm³/mol. The van der Waals surface area contributed by atoms with Crippen molar-refractivity contribution in [3.05, 3.63) is 36.8 Å². The van der Waals surface area contributed by atoms with E-state index in [1.165, 1.54) is 0 Å². The number of nitrogens with one attached hydrogen (secondary N) is 1. The molecule has 2 heterocycles. The van der Waals surface area contributed by atoms with Crippen LogP contribution in [-0.2, 0) is 13.5 Å². The van der Waals surface area contributed by atoms with Gasteiger partial charge in [-0.2, -0.15) is 0 Å². The zero-order valence-electron chi connectivity index (χ0n) is 8.59. The average molecular weight is 203 g/mol. The van der Waals surface area contributed by atoms with Crippen LogP contribution in [0.2, 0.25) is 0 Å². The van der Waals surface area contributed by atoms with E-state index < -0.39 is 0 Å². The average Bonchev–Trinajstić information content (AvgIpc) is 2.66. The number of nitrogens with zero attached hydrogens (tertiary/aromatic N) is 4. The Hall–Kier alpha value is -1.91. The number of anilines is 1. The number of rotatable bonds is 4. The van der Waals surface area contributed by atoms with Gasteiger partial charge in [-0.3, -0.25) is 4.98 Å². The molecule has 0 unspecified atom stereocenters. The van der Waals surface area contributed by atoms with Crippen LogP contribution in [0.4, 0.5) is 5.82 Å². The lowest BCUT2D eigenvalue weighted by molar-refractivity contribution is 0.788. The van der Waals surface area contributed by atoms with Crippen LogP contribution in [0.1, 0.15) is 5.82 Å². The van der Waals surface area contributed by atoms with Crippen molar-refractivity contribution < 1.29 is 0 Å². The van der Waals surface area contributed by atoms with E-state index in [1.54, 1.807) is 24.8 Å². The largest absolute Gasteiger partial charge is 0.368 e. The van der Waals surface area contributed by atoms with Crippen molar-refractivity contribution in [1.82, 2.24) is 19.5 Å². The molecular weight excluding hydrogens is 190 g/mol. The van der Waals surface area contributed by atoms with Crippen LogP contribution in [0.15, 0.2) is 31.0 Å². The minimum Gasteiger partial charge on any atom is -0.368 e. The summed E-state index contributed by atoms with van der Waals surface area (Å²) < 4.78 is 2.01. The van der Waals surface area contributed by atoms with E-state index in [9.17, 15) is 0 Å². The molecule has 0 amide bonds. The van der Waals surface area contributed by atoms with E-state index in [1.807, 2.05) is 17.8 Å². The first-order valence-electron chi connectivity index (χ1n) is 4.82. The first-order valence-corrected chi connectivity index (χ1v) is 4.82. The van der Waals surface area contributed by atoms with Crippen molar-refractivity contribution in [2.45, 2.75) is 6.42 Å². The molecule has 15 heavy (non-hydrogen) atoms. The fourth-order valence-electron chi connectivity index (χ4n) is 1.33. The summed E-state index contributed by atoms with van der Waals surface area (Å²) in [6.07, 6.45) is 9.65. The first-order chi connectivity index (χ1) is 7.36. The lowest BCUT2D eigenvalue weighted by Crippen LogP contribution is -2.09. The Balaban J connectivity index is 1.83. The van der Waals surface area contributed by atoms with Gasteiger partial charge in [0.2, 0.25) is 0 Å². The number of aromatic nitrogens is 4. The maximum atomic E-state index is 4.23. The standard InChI is InChI=1S/C10H13N5/c1-15-7-6-14-10(15)2-3-12-9-8-11-4-5-13-9/h4-8H,2-3H2,1H3,(H,12,13). The van der Waals surface area contributed by atoms with Gasteiger partial charge in [-0.25, -0.2) is 9.97 Å². The highest BCUT2D eigenvalue weighted by molar-refractivity contribution is 5.29. The van der Waals surface area contributed by atoms with Gasteiger partial charge in [0.05, 0.1) is 6.20 Å². The Morgan fingerprint density at radius 2 is 2.20 bits per heavy atom. The van der Waals surface area contributed by atoms with Crippen LogP contribution in [0, 0.1) is 0 Å². The third-order valence-electron chi connectivity index (χ3n) is 2.14. The van der Waals surface area contributed by atoms with E-state index in [0.717, 1.165) is 24.6 Å². The lowest BCUT2D eigenvalue weighted by atomic mass is 10.4. The quantitative estimate of drug-likeness (QED) is 0.801. The number of imidazole rings is 1. The second-order valence-electron chi connectivity index (χ2n) is 3.22. The van der Waals surface area contributed by atoms with Gasteiger partial charge < -0.3 is 9.88 Å². The Labute approximate surface area is 88.2 Å². The highest BCUT2D eigenvalue weighted by Gasteiger charge is 1.98. The molecule has 0 saturated heterocycles. The fourth-order valence-corrected chi connectivity index (χ4v) is 1.33. The summed E-state index contributed by atoms with van der Waals surface area (Å²) in [7, 11) is 1.99. The number of hydrogen-bond acceptors (Lipinski definition) is 4. The summed E-state index contributed by atoms with van der Waals surface area (Å²) in [4.78, 5) is 12.3. The topological polar surface area (TPSA) is 55.6 Å². The van der Waals surface area contributed by atoms with Crippen LogP contribution in [-0.4, -0.2) is 26.1 Å². The van der Waals surface area contributed by atoms with Crippen LogP contribution in [0.3, 0.4) is 0 Å². The van der Waals surface area contributed by atoms with Crippen LogP contribution >= 0.6 is 0 Å². The maximum Gasteiger partial charge on any atom is 0.144 e. The highest BCUT2D eigenvalue weighted by atomic mass is 15.0. The van der Waals surface area contributed by atoms with Crippen molar-refractivity contribution in [3.63, 3.8) is 0 Å². The monoisotopic (exact) mass is 203 g/mol. The summed E-state index contributed by atoms with van der Waals surface area (Å²) in [6.45, 7) is 0.809. The van der Waals surface area contributed by atoms with Crippen molar-refractivity contribution in [2.75, 3.05) is 11.9 Å². The molecule has 0 aliphatic rings. The zero-order chi connectivity index (χ0) is 10.5. The molecule has 5 heteroatoms. The van der Waals surface area contributed by atoms with Crippen molar-refractivity contribution in [2.24, 2.45) is 7.05 Å². The maximum absolute atomic E-state index is 4.23. The minimum atomic E-state index is 0.798. The molecule has 2 rings (SSSR count). The van der Waals surface area contributed by atoms with Gasteiger partial charge in [0.15, 0.2) is 0 Å². The van der Waals surface area contributed by atoms with Crippen LogP contribution in [0.5, 0.6) is 0 Å². The molecule has 0 aromatic carbocycles. The molecule has 0 saturated carbocycles. The van der Waals surface area contributed by atoms with Gasteiger partial charge in [-0.05, 0) is 0 Å². The van der Waals surface area contributed by atoms with Crippen LogP contribution < -0.4 is 5.32 Å². The van der Waals surface area contributed by atoms with Gasteiger partial charge in [0.1, 0.15) is 11.6 Å². The molecular formula is C10H13N5. The molecule has 0 radical (unpaired) electrons. The molecule has 1 N–H and O–H groups in total. The van der Waals surface area contributed by atoms with Crippen LogP contribution in [0.25, 0.3) is 0 Å². The Morgan fingerprint density at radius 3 is 2.87 bits per heavy atom. The molecule has 0 spiro atoms. The molecule has 0 aliphatic carbocycles. The summed E-state index contributed by atoms with van der Waals surface area (Å²) in [5, 5.41) is 3.18. The Morgan fingerprint density at radius 1 is 1.27 bits per heavy atom. The third-order valence-corrected chi connectivity index (χ3v) is 2.14. The molecule has 5 nitrogen and oxygen atoms in total. The molecule has 78 valence electrons. The molecule has 2 aromatic heterocycles. The Bertz CT molecular complexity index is 409. The van der Waals surface area contributed by atoms with Crippen molar-refractivity contribution in [1.29, 1.82) is 0 Å². The molecule has 2 aromatic rings. The summed E-state index contributed by atoms with van der Waals surface area (Å²) in [5.41, 5.74) is 0. The van der Waals surface area contributed by atoms with E-state index in [2.05, 4.69) is 20.3 Å². The van der Waals surface area contributed by atoms with Gasteiger partial charge in [-0.15, -0.1) is 0 Å². The van der Waals surface area contributed by atoms with E-state index in [4.69, 9.17) is 0 Å². The third kappa shape index (κ3) is 2.52. The molecule has 0 atom stereocenters. The molecule has 0 bridgehead atoms. The van der Waals surface area contributed by atoms with E-state index in [-0.39, 0.29) is 0 Å². The lowest BCUT2D eigenvalue weighted by Gasteiger charge is -2.04. The first kappa shape index (κ1) is 9.64. The zero-order valence-corrected chi connectivity index (χ0v) is 8.59. The minimum absolute atomic E-state index is 0.798. The smallest absolute Gasteiger partial charge is 0.144 e. The SMILES string of the molecule is Cn1ccnc1CCNc1cnccn1. The highest BCUT2D eigenvalue weighted by Crippen LogP contribution is 1.99. The summed E-state index contributed by atoms with van der Waals surface area (Å²) in [6, 6.07) is 0. The van der Waals surface area contributed by atoms with Gasteiger partial charge in [-0.1, -0.05) is 0 Å². The second-order valence-corrected chi connectivity index (χ2v) is 3.22. The molecule has 0 fully saturated rings. The normalized spacial score (nSPS) is 10.2. The predicted octanol–water partition coefficient (Wildman–Crippen LogP) is 0.865. The van der Waals surface area contributed by atoms with Gasteiger partial charge in [0, 0.05) is 44.8 Å². The summed E-state index contributed by atoms with van der Waals surface area (Å²) >= 11 is 0. The second kappa shape index (κ2) is 4.54. The number of aryl methyl sites for hydroxylation is 1. The van der Waals surface area contributed by atoms with E-state index >= 15 is 0 Å². The fraction of sp³-hybridized carbons (Fsp3) is 0.300. The van der Waals surface area contributed by atoms with Crippen molar-refractivity contribution >= 4 is 5.82 Å².